The molecule has 2 N–H and O–H groups in total. The Bertz CT molecular complexity index is 799. The lowest BCUT2D eigenvalue weighted by atomic mass is 10.1. The predicted octanol–water partition coefficient (Wildman–Crippen LogP) is 5.52. The van der Waals surface area contributed by atoms with E-state index in [1.807, 2.05) is 25.1 Å². The molecule has 0 unspecified atom stereocenters. The Morgan fingerprint density at radius 2 is 1.46 bits per heavy atom. The van der Waals surface area contributed by atoms with Crippen LogP contribution in [0.4, 0.5) is 5.69 Å². The molecule has 0 saturated carbocycles. The maximum absolute atomic E-state index is 13.1. The van der Waals surface area contributed by atoms with Crippen LogP contribution in [0.2, 0.25) is 0 Å². The number of fused-ring (bicyclic) bond motifs is 1. The van der Waals surface area contributed by atoms with E-state index in [-0.39, 0.29) is 5.56 Å². The largest absolute Gasteiger partial charge is 0.489 e. The highest BCUT2D eigenvalue weighted by Gasteiger charge is 2.19. The summed E-state index contributed by atoms with van der Waals surface area (Å²) in [4.78, 5) is 13.1. The van der Waals surface area contributed by atoms with Gasteiger partial charge >= 0.3 is 0 Å². The third-order valence-corrected chi connectivity index (χ3v) is 5.01. The number of hydrogen-bond donors (Lipinski definition) is 1. The molecule has 0 spiro atoms. The summed E-state index contributed by atoms with van der Waals surface area (Å²) in [6.45, 7) is 8.00. The van der Waals surface area contributed by atoms with Crippen molar-refractivity contribution in [2.24, 2.45) is 0 Å². The van der Waals surface area contributed by atoms with Crippen molar-refractivity contribution in [1.82, 2.24) is 4.57 Å². The van der Waals surface area contributed by atoms with Crippen molar-refractivity contribution in [3.63, 3.8) is 0 Å². The second-order valence-corrected chi connectivity index (χ2v) is 7.30. The summed E-state index contributed by atoms with van der Waals surface area (Å²) < 4.78 is 13.8. The number of pyridine rings is 1. The van der Waals surface area contributed by atoms with Crippen LogP contribution >= 0.6 is 0 Å². The van der Waals surface area contributed by atoms with Crippen molar-refractivity contribution < 1.29 is 9.47 Å². The molecule has 0 aliphatic heterocycles. The summed E-state index contributed by atoms with van der Waals surface area (Å²) in [5, 5.41) is 0.884. The fourth-order valence-electron chi connectivity index (χ4n) is 3.41. The first-order valence-corrected chi connectivity index (χ1v) is 10.9. The number of nitrogens with two attached hydrogens (primary N) is 1. The predicted molar refractivity (Wildman–Crippen MR) is 118 cm³/mol. The van der Waals surface area contributed by atoms with Crippen molar-refractivity contribution in [2.75, 3.05) is 18.9 Å². The summed E-state index contributed by atoms with van der Waals surface area (Å²) >= 11 is 0. The van der Waals surface area contributed by atoms with Gasteiger partial charge in [0.2, 0.25) is 5.75 Å². The van der Waals surface area contributed by atoms with Crippen molar-refractivity contribution in [2.45, 2.75) is 78.7 Å². The van der Waals surface area contributed by atoms with Gasteiger partial charge in [0.25, 0.3) is 5.56 Å². The summed E-state index contributed by atoms with van der Waals surface area (Å²) in [6, 6.07) is 5.62. The highest BCUT2D eigenvalue weighted by atomic mass is 16.5. The SMILES string of the molecule is CCCCCCOc1c(OCCCCCC)c2ccc(N)cc2n(CC)c1=O. The molecule has 1 aromatic carbocycles. The molecule has 1 aromatic heterocycles. The van der Waals surface area contributed by atoms with Crippen LogP contribution in [0.25, 0.3) is 10.9 Å². The molecule has 1 heterocycles. The normalized spacial score (nSPS) is 11.1. The molecule has 5 nitrogen and oxygen atoms in total. The third-order valence-electron chi connectivity index (χ3n) is 5.01. The summed E-state index contributed by atoms with van der Waals surface area (Å²) in [6.07, 6.45) is 8.87. The van der Waals surface area contributed by atoms with Crippen molar-refractivity contribution >= 4 is 16.6 Å². The van der Waals surface area contributed by atoms with Gasteiger partial charge < -0.3 is 19.8 Å². The zero-order chi connectivity index (χ0) is 20.4. The van der Waals surface area contributed by atoms with Gasteiger partial charge in [0.05, 0.1) is 18.7 Å². The summed E-state index contributed by atoms with van der Waals surface area (Å²) in [5.74, 6) is 0.905. The van der Waals surface area contributed by atoms with E-state index in [0.29, 0.717) is 36.9 Å². The Morgan fingerprint density at radius 3 is 2.04 bits per heavy atom. The van der Waals surface area contributed by atoms with E-state index in [9.17, 15) is 4.79 Å². The van der Waals surface area contributed by atoms with Gasteiger partial charge in [0.1, 0.15) is 0 Å². The lowest BCUT2D eigenvalue weighted by Crippen LogP contribution is -2.23. The van der Waals surface area contributed by atoms with E-state index >= 15 is 0 Å². The lowest BCUT2D eigenvalue weighted by molar-refractivity contribution is 0.257. The van der Waals surface area contributed by atoms with Gasteiger partial charge in [-0.1, -0.05) is 52.4 Å². The molecule has 0 saturated heterocycles. The molecule has 0 bridgehead atoms. The molecule has 0 radical (unpaired) electrons. The summed E-state index contributed by atoms with van der Waals surface area (Å²) in [5.41, 5.74) is 7.28. The van der Waals surface area contributed by atoms with Crippen LogP contribution in [0.15, 0.2) is 23.0 Å². The average Bonchev–Trinajstić information content (AvgIpc) is 2.69. The number of aromatic nitrogens is 1. The molecular formula is C23H36N2O3. The van der Waals surface area contributed by atoms with Crippen LogP contribution < -0.4 is 20.8 Å². The number of rotatable bonds is 13. The number of ether oxygens (including phenoxy) is 2. The third kappa shape index (κ3) is 5.66. The minimum atomic E-state index is -0.139. The quantitative estimate of drug-likeness (QED) is 0.362. The number of nitrogens with zero attached hydrogens (tertiary/aromatic N) is 1. The highest BCUT2D eigenvalue weighted by Crippen LogP contribution is 2.34. The van der Waals surface area contributed by atoms with Crippen LogP contribution in [-0.2, 0) is 6.54 Å². The number of aryl methyl sites for hydroxylation is 1. The minimum absolute atomic E-state index is 0.139. The van der Waals surface area contributed by atoms with Gasteiger partial charge in [-0.2, -0.15) is 0 Å². The van der Waals surface area contributed by atoms with Crippen LogP contribution in [0.5, 0.6) is 11.5 Å². The molecule has 28 heavy (non-hydrogen) atoms. The van der Waals surface area contributed by atoms with Gasteiger partial charge in [-0.15, -0.1) is 0 Å². The molecule has 2 aromatic rings. The van der Waals surface area contributed by atoms with Crippen LogP contribution in [0.3, 0.4) is 0 Å². The van der Waals surface area contributed by atoms with Crippen molar-refractivity contribution in [1.29, 1.82) is 0 Å². The lowest BCUT2D eigenvalue weighted by Gasteiger charge is -2.18. The Kier molecular flexibility index (Phi) is 9.18. The minimum Gasteiger partial charge on any atom is -0.489 e. The fraction of sp³-hybridized carbons (Fsp3) is 0.609. The standard InChI is InChI=1S/C23H36N2O3/c1-4-7-9-11-15-27-21-19-14-13-18(24)17-20(19)25(6-3)23(26)22(21)28-16-12-10-8-5-2/h13-14,17H,4-12,15-16,24H2,1-3H3. The van der Waals surface area contributed by atoms with Gasteiger partial charge in [-0.25, -0.2) is 0 Å². The molecule has 156 valence electrons. The Labute approximate surface area is 168 Å². The van der Waals surface area contributed by atoms with Crippen LogP contribution in [0, 0.1) is 0 Å². The Balaban J connectivity index is 2.35. The molecule has 0 aliphatic rings. The zero-order valence-corrected chi connectivity index (χ0v) is 17.8. The number of anilines is 1. The first-order valence-electron chi connectivity index (χ1n) is 10.9. The van der Waals surface area contributed by atoms with E-state index in [0.717, 1.165) is 36.6 Å². The van der Waals surface area contributed by atoms with E-state index in [1.54, 1.807) is 4.57 Å². The maximum atomic E-state index is 13.1. The fourth-order valence-corrected chi connectivity index (χ4v) is 3.41. The number of hydrogen-bond acceptors (Lipinski definition) is 4. The highest BCUT2D eigenvalue weighted by molar-refractivity contribution is 5.90. The maximum Gasteiger partial charge on any atom is 0.297 e. The zero-order valence-electron chi connectivity index (χ0n) is 17.8. The van der Waals surface area contributed by atoms with E-state index in [4.69, 9.17) is 15.2 Å². The molecule has 0 atom stereocenters. The first-order chi connectivity index (χ1) is 13.6. The van der Waals surface area contributed by atoms with Crippen molar-refractivity contribution in [3.8, 4) is 11.5 Å². The molecule has 2 rings (SSSR count). The molecule has 5 heteroatoms. The van der Waals surface area contributed by atoms with Crippen molar-refractivity contribution in [3.05, 3.63) is 28.6 Å². The van der Waals surface area contributed by atoms with E-state index in [2.05, 4.69) is 13.8 Å². The Morgan fingerprint density at radius 1 is 0.857 bits per heavy atom. The van der Waals surface area contributed by atoms with Crippen LogP contribution in [0.1, 0.15) is 72.1 Å². The molecular weight excluding hydrogens is 352 g/mol. The van der Waals surface area contributed by atoms with Crippen LogP contribution in [-0.4, -0.2) is 17.8 Å². The first kappa shape index (κ1) is 22.1. The number of benzene rings is 1. The number of nitrogen functional groups attached to an aromatic ring is 1. The van der Waals surface area contributed by atoms with Gasteiger partial charge in [0, 0.05) is 17.6 Å². The Hall–Kier alpha value is -2.17. The van der Waals surface area contributed by atoms with Gasteiger partial charge in [0.15, 0.2) is 5.75 Å². The molecule has 0 amide bonds. The number of unbranched alkanes of at least 4 members (excludes halogenated alkanes) is 6. The summed E-state index contributed by atoms with van der Waals surface area (Å²) in [7, 11) is 0. The topological polar surface area (TPSA) is 66.5 Å². The van der Waals surface area contributed by atoms with Gasteiger partial charge in [-0.3, -0.25) is 4.79 Å². The van der Waals surface area contributed by atoms with Gasteiger partial charge in [-0.05, 0) is 38.0 Å². The second-order valence-electron chi connectivity index (χ2n) is 7.30. The smallest absolute Gasteiger partial charge is 0.297 e. The van der Waals surface area contributed by atoms with E-state index in [1.165, 1.54) is 25.7 Å². The molecule has 0 aliphatic carbocycles. The molecule has 0 fully saturated rings. The van der Waals surface area contributed by atoms with E-state index < -0.39 is 0 Å². The average molecular weight is 389 g/mol. The second kappa shape index (κ2) is 11.6. The monoisotopic (exact) mass is 388 g/mol.